The lowest BCUT2D eigenvalue weighted by atomic mass is 10.1. The Labute approximate surface area is 194 Å². The van der Waals surface area contributed by atoms with Crippen LogP contribution < -0.4 is 14.4 Å². The second-order valence-corrected chi connectivity index (χ2v) is 9.58. The van der Waals surface area contributed by atoms with Gasteiger partial charge in [0.15, 0.2) is 11.5 Å². The van der Waals surface area contributed by atoms with Gasteiger partial charge < -0.3 is 28.5 Å². The molecular formula is C23H32FN2O6P. The molecule has 1 unspecified atom stereocenters. The lowest BCUT2D eigenvalue weighted by Gasteiger charge is -2.42. The molecule has 10 heteroatoms. The molecule has 1 fully saturated rings. The minimum atomic E-state index is -3.66. The van der Waals surface area contributed by atoms with Gasteiger partial charge in [-0.05, 0) is 43.7 Å². The minimum Gasteiger partial charge on any atom is -0.502 e. The molecule has 2 aromatic carbocycles. The molecule has 0 radical (unpaired) electrons. The summed E-state index contributed by atoms with van der Waals surface area (Å²) in [5, 5.41) is 10.4. The number of rotatable bonds is 10. The van der Waals surface area contributed by atoms with Crippen molar-refractivity contribution >= 4 is 13.3 Å². The van der Waals surface area contributed by atoms with Crippen LogP contribution in [0.5, 0.6) is 17.2 Å². The second kappa shape index (κ2) is 11.2. The minimum absolute atomic E-state index is 0.144. The SMILES string of the molecule is CCOP(=O)(OCC)C(c1cc(OC)c(O)c(OC)c1)N1CCN(c2ccccc2F)CC1. The summed E-state index contributed by atoms with van der Waals surface area (Å²) in [5.41, 5.74) is 1.12. The number of para-hydroxylation sites is 1. The molecule has 1 saturated heterocycles. The summed E-state index contributed by atoms with van der Waals surface area (Å²) < 4.78 is 50.4. The Hall–Kier alpha value is -2.32. The Balaban J connectivity index is 1.99. The van der Waals surface area contributed by atoms with Gasteiger partial charge in [-0.1, -0.05) is 12.1 Å². The molecule has 8 nitrogen and oxygen atoms in total. The summed E-state index contributed by atoms with van der Waals surface area (Å²) in [6.07, 6.45) is 0. The van der Waals surface area contributed by atoms with E-state index in [1.165, 1.54) is 20.3 Å². The summed E-state index contributed by atoms with van der Waals surface area (Å²) in [6, 6.07) is 9.91. The molecule has 182 valence electrons. The molecule has 1 aliphatic rings. The van der Waals surface area contributed by atoms with Crippen molar-refractivity contribution in [3.8, 4) is 17.2 Å². The van der Waals surface area contributed by atoms with Crippen LogP contribution in [0.3, 0.4) is 0 Å². The van der Waals surface area contributed by atoms with E-state index in [1.807, 2.05) is 9.80 Å². The Morgan fingerprint density at radius 1 is 1.00 bits per heavy atom. The van der Waals surface area contributed by atoms with E-state index in [4.69, 9.17) is 18.5 Å². The molecule has 0 spiro atoms. The smallest absolute Gasteiger partial charge is 0.352 e. The van der Waals surface area contributed by atoms with Gasteiger partial charge in [-0.25, -0.2) is 4.39 Å². The predicted octanol–water partition coefficient (Wildman–Crippen LogP) is 4.64. The number of anilines is 1. The largest absolute Gasteiger partial charge is 0.502 e. The Bertz CT molecular complexity index is 948. The van der Waals surface area contributed by atoms with Crippen LogP contribution in [-0.4, -0.2) is 63.6 Å². The third-order valence-electron chi connectivity index (χ3n) is 5.57. The van der Waals surface area contributed by atoms with Gasteiger partial charge in [0, 0.05) is 26.2 Å². The molecule has 33 heavy (non-hydrogen) atoms. The van der Waals surface area contributed by atoms with Crippen molar-refractivity contribution < 1.29 is 32.6 Å². The number of halogens is 1. The second-order valence-electron chi connectivity index (χ2n) is 7.50. The Morgan fingerprint density at radius 3 is 2.03 bits per heavy atom. The molecular weight excluding hydrogens is 450 g/mol. The van der Waals surface area contributed by atoms with Crippen molar-refractivity contribution in [3.05, 3.63) is 47.8 Å². The first-order valence-electron chi connectivity index (χ1n) is 11.0. The lowest BCUT2D eigenvalue weighted by Crippen LogP contribution is -2.48. The van der Waals surface area contributed by atoms with Crippen LogP contribution in [0.1, 0.15) is 25.2 Å². The first-order chi connectivity index (χ1) is 15.9. The van der Waals surface area contributed by atoms with Gasteiger partial charge in [0.2, 0.25) is 5.75 Å². The lowest BCUT2D eigenvalue weighted by molar-refractivity contribution is 0.157. The maximum Gasteiger partial charge on any atom is 0.352 e. The van der Waals surface area contributed by atoms with Gasteiger partial charge in [-0.15, -0.1) is 0 Å². The molecule has 1 N–H and O–H groups in total. The average molecular weight is 482 g/mol. The van der Waals surface area contributed by atoms with E-state index >= 15 is 0 Å². The number of phenolic OH excluding ortho intramolecular Hbond substituents is 1. The molecule has 0 saturated carbocycles. The molecule has 1 atom stereocenters. The van der Waals surface area contributed by atoms with Gasteiger partial charge in [-0.2, -0.15) is 0 Å². The summed E-state index contributed by atoms with van der Waals surface area (Å²) >= 11 is 0. The zero-order chi connectivity index (χ0) is 24.0. The molecule has 0 aromatic heterocycles. The van der Waals surface area contributed by atoms with Crippen molar-refractivity contribution in [3.63, 3.8) is 0 Å². The van der Waals surface area contributed by atoms with Crippen LogP contribution in [0.15, 0.2) is 36.4 Å². The zero-order valence-corrected chi connectivity index (χ0v) is 20.4. The highest BCUT2D eigenvalue weighted by molar-refractivity contribution is 7.54. The standard InChI is InChI=1S/C23H32FN2O6P/c1-5-31-33(28,32-6-2)23(17-15-20(29-3)22(27)21(16-17)30-4)26-13-11-25(12-14-26)19-10-8-7-9-18(19)24/h7-10,15-16,23,27H,5-6,11-14H2,1-4H3. The monoisotopic (exact) mass is 482 g/mol. The molecule has 1 heterocycles. The van der Waals surface area contributed by atoms with Gasteiger partial charge in [0.25, 0.3) is 0 Å². The third kappa shape index (κ3) is 5.44. The van der Waals surface area contributed by atoms with E-state index < -0.39 is 13.4 Å². The number of nitrogens with zero attached hydrogens (tertiary/aromatic N) is 2. The van der Waals surface area contributed by atoms with Crippen LogP contribution >= 0.6 is 7.60 Å². The molecule has 0 bridgehead atoms. The third-order valence-corrected chi connectivity index (χ3v) is 8.03. The number of piperazine rings is 1. The Morgan fingerprint density at radius 2 is 1.55 bits per heavy atom. The van der Waals surface area contributed by atoms with E-state index in [0.717, 1.165) is 0 Å². The quantitative estimate of drug-likeness (QED) is 0.491. The van der Waals surface area contributed by atoms with Gasteiger partial charge >= 0.3 is 7.60 Å². The van der Waals surface area contributed by atoms with Crippen LogP contribution in [0.2, 0.25) is 0 Å². The number of hydrogen-bond acceptors (Lipinski definition) is 8. The Kier molecular flexibility index (Phi) is 8.59. The topological polar surface area (TPSA) is 80.7 Å². The van der Waals surface area contributed by atoms with Gasteiger partial charge in [-0.3, -0.25) is 9.46 Å². The fraction of sp³-hybridized carbons (Fsp3) is 0.478. The van der Waals surface area contributed by atoms with Crippen molar-refractivity contribution in [1.82, 2.24) is 4.90 Å². The fourth-order valence-corrected chi connectivity index (χ4v) is 6.33. The van der Waals surface area contributed by atoms with E-state index in [0.29, 0.717) is 37.4 Å². The van der Waals surface area contributed by atoms with Crippen LogP contribution in [0.4, 0.5) is 10.1 Å². The number of methoxy groups -OCH3 is 2. The number of ether oxygens (including phenoxy) is 2. The van der Waals surface area contributed by atoms with Crippen molar-refractivity contribution in [1.29, 1.82) is 0 Å². The van der Waals surface area contributed by atoms with Crippen molar-refractivity contribution in [2.45, 2.75) is 19.6 Å². The van der Waals surface area contributed by atoms with Crippen LogP contribution in [-0.2, 0) is 13.6 Å². The average Bonchev–Trinajstić information content (AvgIpc) is 2.81. The van der Waals surface area contributed by atoms with Gasteiger partial charge in [0.1, 0.15) is 11.6 Å². The van der Waals surface area contributed by atoms with Gasteiger partial charge in [0.05, 0.1) is 33.1 Å². The highest BCUT2D eigenvalue weighted by Crippen LogP contribution is 2.63. The number of hydrogen-bond donors (Lipinski definition) is 1. The van der Waals surface area contributed by atoms with Crippen LogP contribution in [0, 0.1) is 5.82 Å². The fourth-order valence-electron chi connectivity index (χ4n) is 4.11. The zero-order valence-electron chi connectivity index (χ0n) is 19.5. The first kappa shape index (κ1) is 25.3. The number of aromatic hydroxyl groups is 1. The molecule has 0 aliphatic carbocycles. The number of benzene rings is 2. The molecule has 2 aromatic rings. The summed E-state index contributed by atoms with van der Waals surface area (Å²) in [6.45, 7) is 5.98. The van der Waals surface area contributed by atoms with E-state index in [9.17, 15) is 14.1 Å². The molecule has 0 amide bonds. The predicted molar refractivity (Wildman–Crippen MR) is 125 cm³/mol. The van der Waals surface area contributed by atoms with Crippen molar-refractivity contribution in [2.75, 3.05) is 58.5 Å². The summed E-state index contributed by atoms with van der Waals surface area (Å²) in [4.78, 5) is 3.97. The maximum absolute atomic E-state index is 14.3. The summed E-state index contributed by atoms with van der Waals surface area (Å²) in [5.74, 6) is -0.791. The normalized spacial score (nSPS) is 16.0. The highest BCUT2D eigenvalue weighted by atomic mass is 31.2. The maximum atomic E-state index is 14.3. The highest BCUT2D eigenvalue weighted by Gasteiger charge is 2.43. The summed E-state index contributed by atoms with van der Waals surface area (Å²) in [7, 11) is -0.785. The first-order valence-corrected chi connectivity index (χ1v) is 12.6. The number of phenols is 1. The van der Waals surface area contributed by atoms with Crippen molar-refractivity contribution in [2.24, 2.45) is 0 Å². The molecule has 3 rings (SSSR count). The molecule has 1 aliphatic heterocycles. The van der Waals surface area contributed by atoms with E-state index in [-0.39, 0.29) is 36.3 Å². The van der Waals surface area contributed by atoms with E-state index in [2.05, 4.69) is 0 Å². The van der Waals surface area contributed by atoms with Crippen LogP contribution in [0.25, 0.3) is 0 Å². The van der Waals surface area contributed by atoms with E-state index in [1.54, 1.807) is 44.2 Å².